The molecule has 0 unspecified atom stereocenters. The van der Waals surface area contributed by atoms with E-state index in [9.17, 15) is 10.2 Å². The van der Waals surface area contributed by atoms with E-state index in [2.05, 4.69) is 4.98 Å². The molecule has 0 aliphatic heterocycles. The number of halogens is 1. The Bertz CT molecular complexity index is 605. The number of aromatic amines is 1. The first-order valence-electron chi connectivity index (χ1n) is 5.40. The number of aryl methyl sites for hydroxylation is 2. The summed E-state index contributed by atoms with van der Waals surface area (Å²) in [6.45, 7) is 3.55. The third-order valence-electron chi connectivity index (χ3n) is 2.80. The summed E-state index contributed by atoms with van der Waals surface area (Å²) in [6, 6.07) is 3.54. The Morgan fingerprint density at radius 3 is 2.33 bits per heavy atom. The van der Waals surface area contributed by atoms with Crippen LogP contribution in [0, 0.1) is 13.8 Å². The fourth-order valence-electron chi connectivity index (χ4n) is 1.95. The van der Waals surface area contributed by atoms with Gasteiger partial charge in [-0.15, -0.1) is 0 Å². The second kappa shape index (κ2) is 4.46. The van der Waals surface area contributed by atoms with E-state index in [0.717, 1.165) is 5.56 Å². The maximum Gasteiger partial charge on any atom is 0.200 e. The minimum absolute atomic E-state index is 0.0310. The lowest BCUT2D eigenvalue weighted by Gasteiger charge is -2.11. The fourth-order valence-corrected chi connectivity index (χ4v) is 2.31. The molecule has 3 N–H and O–H groups in total. The van der Waals surface area contributed by atoms with Crippen molar-refractivity contribution in [1.82, 2.24) is 4.98 Å². The van der Waals surface area contributed by atoms with Crippen LogP contribution in [-0.2, 0) is 0 Å². The number of aromatic nitrogens is 1. The number of nitrogens with one attached hydrogen (secondary N) is 1. The highest BCUT2D eigenvalue weighted by atomic mass is 35.5. The van der Waals surface area contributed by atoms with E-state index in [1.54, 1.807) is 19.1 Å². The molecule has 0 atom stereocenters. The number of aromatic hydroxyl groups is 2. The van der Waals surface area contributed by atoms with Crippen molar-refractivity contribution in [3.8, 4) is 28.5 Å². The SMILES string of the molecule is COc1cc(C)cc(Cl)c1-c1c(O)[nH]c(C)c1O. The average molecular weight is 268 g/mol. The van der Waals surface area contributed by atoms with Gasteiger partial charge in [0, 0.05) is 0 Å². The summed E-state index contributed by atoms with van der Waals surface area (Å²) in [5.74, 6) is 0.343. The highest BCUT2D eigenvalue weighted by Crippen LogP contribution is 2.47. The molecule has 1 aromatic heterocycles. The molecule has 4 nitrogen and oxygen atoms in total. The molecule has 0 fully saturated rings. The molecular formula is C13H14ClNO3. The summed E-state index contributed by atoms with van der Waals surface area (Å²) in [7, 11) is 1.52. The van der Waals surface area contributed by atoms with Gasteiger partial charge in [0.1, 0.15) is 11.5 Å². The van der Waals surface area contributed by atoms with Crippen molar-refractivity contribution in [2.45, 2.75) is 13.8 Å². The number of H-pyrrole nitrogens is 1. The Morgan fingerprint density at radius 1 is 1.17 bits per heavy atom. The van der Waals surface area contributed by atoms with Crippen molar-refractivity contribution < 1.29 is 14.9 Å². The van der Waals surface area contributed by atoms with Gasteiger partial charge in [0.25, 0.3) is 0 Å². The first kappa shape index (κ1) is 12.6. The molecule has 96 valence electrons. The van der Waals surface area contributed by atoms with Crippen molar-refractivity contribution in [3.05, 3.63) is 28.4 Å². The third-order valence-corrected chi connectivity index (χ3v) is 3.10. The van der Waals surface area contributed by atoms with Crippen LogP contribution in [-0.4, -0.2) is 22.3 Å². The van der Waals surface area contributed by atoms with E-state index < -0.39 is 0 Å². The van der Waals surface area contributed by atoms with Gasteiger partial charge in [-0.25, -0.2) is 0 Å². The van der Waals surface area contributed by atoms with Crippen LogP contribution >= 0.6 is 11.6 Å². The van der Waals surface area contributed by atoms with Gasteiger partial charge in [-0.05, 0) is 31.5 Å². The van der Waals surface area contributed by atoms with E-state index in [1.165, 1.54) is 7.11 Å². The lowest BCUT2D eigenvalue weighted by Crippen LogP contribution is -1.90. The number of benzene rings is 1. The van der Waals surface area contributed by atoms with Gasteiger partial charge >= 0.3 is 0 Å². The smallest absolute Gasteiger partial charge is 0.200 e. The zero-order chi connectivity index (χ0) is 13.4. The highest BCUT2D eigenvalue weighted by Gasteiger charge is 2.22. The van der Waals surface area contributed by atoms with Gasteiger partial charge in [-0.2, -0.15) is 0 Å². The molecule has 1 aromatic carbocycles. The number of hydrogen-bond donors (Lipinski definition) is 3. The fraction of sp³-hybridized carbons (Fsp3) is 0.231. The zero-order valence-electron chi connectivity index (χ0n) is 10.3. The summed E-state index contributed by atoms with van der Waals surface area (Å²) < 4.78 is 5.26. The molecule has 2 aromatic rings. The van der Waals surface area contributed by atoms with Crippen LogP contribution in [0.25, 0.3) is 11.1 Å². The molecular weight excluding hydrogens is 254 g/mol. The van der Waals surface area contributed by atoms with E-state index in [1.807, 2.05) is 6.92 Å². The van der Waals surface area contributed by atoms with Crippen molar-refractivity contribution in [3.63, 3.8) is 0 Å². The van der Waals surface area contributed by atoms with Crippen LogP contribution in [0.2, 0.25) is 5.02 Å². The van der Waals surface area contributed by atoms with Gasteiger partial charge < -0.3 is 19.9 Å². The molecule has 5 heteroatoms. The van der Waals surface area contributed by atoms with Gasteiger partial charge in [-0.3, -0.25) is 0 Å². The van der Waals surface area contributed by atoms with Crippen LogP contribution in [0.1, 0.15) is 11.3 Å². The van der Waals surface area contributed by atoms with E-state index in [0.29, 0.717) is 22.0 Å². The Labute approximate surface area is 110 Å². The largest absolute Gasteiger partial charge is 0.505 e. The molecule has 0 aliphatic rings. The van der Waals surface area contributed by atoms with Gasteiger partial charge in [-0.1, -0.05) is 11.6 Å². The van der Waals surface area contributed by atoms with Crippen LogP contribution in [0.4, 0.5) is 0 Å². The normalized spacial score (nSPS) is 10.7. The van der Waals surface area contributed by atoms with Crippen LogP contribution < -0.4 is 4.74 Å². The molecule has 0 amide bonds. The number of rotatable bonds is 2. The summed E-state index contributed by atoms with van der Waals surface area (Å²) >= 11 is 6.19. The number of methoxy groups -OCH3 is 1. The highest BCUT2D eigenvalue weighted by molar-refractivity contribution is 6.34. The Balaban J connectivity index is 2.78. The molecule has 2 rings (SSSR count). The van der Waals surface area contributed by atoms with Gasteiger partial charge in [0.15, 0.2) is 0 Å². The lowest BCUT2D eigenvalue weighted by atomic mass is 10.0. The third kappa shape index (κ3) is 1.88. The number of hydrogen-bond acceptors (Lipinski definition) is 3. The summed E-state index contributed by atoms with van der Waals surface area (Å²) in [5, 5.41) is 20.2. The predicted molar refractivity (Wildman–Crippen MR) is 70.6 cm³/mol. The molecule has 0 saturated carbocycles. The van der Waals surface area contributed by atoms with Crippen molar-refractivity contribution in [1.29, 1.82) is 0 Å². The van der Waals surface area contributed by atoms with Crippen LogP contribution in [0.5, 0.6) is 17.4 Å². The Hall–Kier alpha value is -1.81. The minimum atomic E-state index is -0.131. The quantitative estimate of drug-likeness (QED) is 0.782. The average Bonchev–Trinajstić information content (AvgIpc) is 2.54. The predicted octanol–water partition coefficient (Wildman–Crippen LogP) is 3.37. The number of ether oxygens (including phenoxy) is 1. The summed E-state index contributed by atoms with van der Waals surface area (Å²) in [4.78, 5) is 2.66. The Kier molecular flexibility index (Phi) is 3.13. The van der Waals surface area contributed by atoms with E-state index in [-0.39, 0.29) is 17.2 Å². The molecule has 0 saturated heterocycles. The standard InChI is InChI=1S/C13H14ClNO3/c1-6-4-8(14)10(9(5-6)18-3)11-12(16)7(2)15-13(11)17/h4-5,15-17H,1-3H3. The van der Waals surface area contributed by atoms with Crippen molar-refractivity contribution >= 4 is 11.6 Å². The first-order valence-corrected chi connectivity index (χ1v) is 5.78. The molecule has 0 radical (unpaired) electrons. The topological polar surface area (TPSA) is 65.5 Å². The maximum absolute atomic E-state index is 9.98. The monoisotopic (exact) mass is 267 g/mol. The van der Waals surface area contributed by atoms with Gasteiger partial charge in [0.2, 0.25) is 5.88 Å². The van der Waals surface area contributed by atoms with Crippen LogP contribution in [0.3, 0.4) is 0 Å². The maximum atomic E-state index is 9.98. The van der Waals surface area contributed by atoms with Crippen molar-refractivity contribution in [2.75, 3.05) is 7.11 Å². The molecule has 0 bridgehead atoms. The molecule has 0 spiro atoms. The first-order chi connectivity index (χ1) is 8.45. The minimum Gasteiger partial charge on any atom is -0.505 e. The van der Waals surface area contributed by atoms with Gasteiger partial charge in [0.05, 0.1) is 29.0 Å². The Morgan fingerprint density at radius 2 is 1.83 bits per heavy atom. The van der Waals surface area contributed by atoms with E-state index in [4.69, 9.17) is 16.3 Å². The second-order valence-electron chi connectivity index (χ2n) is 4.15. The second-order valence-corrected chi connectivity index (χ2v) is 4.55. The van der Waals surface area contributed by atoms with Crippen molar-refractivity contribution in [2.24, 2.45) is 0 Å². The summed E-state index contributed by atoms with van der Waals surface area (Å²) in [6.07, 6.45) is 0. The molecule has 0 aliphatic carbocycles. The van der Waals surface area contributed by atoms with Crippen LogP contribution in [0.15, 0.2) is 12.1 Å². The molecule has 18 heavy (non-hydrogen) atoms. The summed E-state index contributed by atoms with van der Waals surface area (Å²) in [5.41, 5.74) is 2.14. The van der Waals surface area contributed by atoms with E-state index >= 15 is 0 Å². The molecule has 1 heterocycles. The lowest BCUT2D eigenvalue weighted by molar-refractivity contribution is 0.414. The zero-order valence-corrected chi connectivity index (χ0v) is 11.1.